The minimum absolute atomic E-state index is 0.0778. The number of aryl methyl sites for hydroxylation is 1. The Labute approximate surface area is 127 Å². The number of nitrogens with one attached hydrogen (secondary N) is 1. The minimum Gasteiger partial charge on any atom is -0.271 e. The van der Waals surface area contributed by atoms with E-state index in [1.165, 1.54) is 12.3 Å². The van der Waals surface area contributed by atoms with Gasteiger partial charge in [0.1, 0.15) is 6.54 Å². The number of hydrogen-bond donors (Lipinski definition) is 1. The quantitative estimate of drug-likeness (QED) is 0.674. The lowest BCUT2D eigenvalue weighted by atomic mass is 10.4. The van der Waals surface area contributed by atoms with Crippen LogP contribution < -0.4 is 5.43 Å². The van der Waals surface area contributed by atoms with E-state index >= 15 is 0 Å². The third kappa shape index (κ3) is 3.51. The predicted octanol–water partition coefficient (Wildman–Crippen LogP) is 2.61. The van der Waals surface area contributed by atoms with Gasteiger partial charge in [-0.2, -0.15) is 14.6 Å². The molecule has 106 valence electrons. The van der Waals surface area contributed by atoms with Gasteiger partial charge in [0, 0.05) is 0 Å². The van der Waals surface area contributed by atoms with E-state index in [4.69, 9.17) is 0 Å². The molecule has 0 aromatic carbocycles. The number of nitrogens with zero attached hydrogens (tertiary/aromatic N) is 3. The summed E-state index contributed by atoms with van der Waals surface area (Å²) < 4.78 is 15.2. The molecule has 0 aliphatic heterocycles. The molecule has 0 saturated carbocycles. The SMILES string of the molecule is Cc1nn(CC(=O)NN=Cc2ccc(F)s2)c(C)c1Br. The van der Waals surface area contributed by atoms with Crippen molar-refractivity contribution in [2.75, 3.05) is 0 Å². The molecule has 0 fully saturated rings. The van der Waals surface area contributed by atoms with Gasteiger partial charge in [0.2, 0.25) is 0 Å². The van der Waals surface area contributed by atoms with Crippen LogP contribution in [0.25, 0.3) is 0 Å². The van der Waals surface area contributed by atoms with Crippen LogP contribution in [0, 0.1) is 19.0 Å². The van der Waals surface area contributed by atoms with E-state index in [1.807, 2.05) is 13.8 Å². The number of carbonyl (C=O) groups is 1. The first-order valence-corrected chi connectivity index (χ1v) is 7.35. The minimum atomic E-state index is -0.295. The zero-order chi connectivity index (χ0) is 14.7. The van der Waals surface area contributed by atoms with Crippen LogP contribution in [0.1, 0.15) is 16.3 Å². The number of aromatic nitrogens is 2. The molecule has 1 N–H and O–H groups in total. The van der Waals surface area contributed by atoms with Crippen molar-refractivity contribution in [2.24, 2.45) is 5.10 Å². The fourth-order valence-corrected chi connectivity index (χ4v) is 2.45. The highest BCUT2D eigenvalue weighted by molar-refractivity contribution is 9.10. The Hall–Kier alpha value is -1.54. The third-order valence-electron chi connectivity index (χ3n) is 2.56. The molecule has 5 nitrogen and oxygen atoms in total. The first-order chi connectivity index (χ1) is 9.47. The van der Waals surface area contributed by atoms with Crippen LogP contribution in [-0.4, -0.2) is 21.9 Å². The molecule has 0 saturated heterocycles. The van der Waals surface area contributed by atoms with Gasteiger partial charge in [0.05, 0.1) is 27.0 Å². The van der Waals surface area contributed by atoms with Crippen LogP contribution in [0.15, 0.2) is 21.7 Å². The molecule has 2 aromatic rings. The van der Waals surface area contributed by atoms with Crippen molar-refractivity contribution < 1.29 is 9.18 Å². The lowest BCUT2D eigenvalue weighted by Gasteiger charge is -2.02. The van der Waals surface area contributed by atoms with E-state index in [9.17, 15) is 9.18 Å². The number of thiophene rings is 1. The van der Waals surface area contributed by atoms with Crippen molar-refractivity contribution in [3.63, 3.8) is 0 Å². The van der Waals surface area contributed by atoms with Crippen molar-refractivity contribution in [3.05, 3.63) is 38.0 Å². The van der Waals surface area contributed by atoms with E-state index in [2.05, 4.69) is 31.6 Å². The first kappa shape index (κ1) is 14.9. The summed E-state index contributed by atoms with van der Waals surface area (Å²) in [7, 11) is 0. The highest BCUT2D eigenvalue weighted by atomic mass is 79.9. The molecular weight excluding hydrogens is 347 g/mol. The van der Waals surface area contributed by atoms with E-state index in [0.717, 1.165) is 27.2 Å². The molecule has 2 heterocycles. The molecule has 0 spiro atoms. The second-order valence-electron chi connectivity index (χ2n) is 4.08. The first-order valence-electron chi connectivity index (χ1n) is 5.74. The number of carbonyl (C=O) groups excluding carboxylic acids is 1. The Kier molecular flexibility index (Phi) is 4.66. The van der Waals surface area contributed by atoms with Crippen LogP contribution in [-0.2, 0) is 11.3 Å². The number of hydrogen-bond acceptors (Lipinski definition) is 4. The van der Waals surface area contributed by atoms with Crippen LogP contribution in [0.3, 0.4) is 0 Å². The number of amides is 1. The van der Waals surface area contributed by atoms with Gasteiger partial charge in [0.25, 0.3) is 5.91 Å². The van der Waals surface area contributed by atoms with Gasteiger partial charge in [0.15, 0.2) is 5.13 Å². The van der Waals surface area contributed by atoms with Crippen LogP contribution >= 0.6 is 27.3 Å². The normalized spacial score (nSPS) is 11.2. The highest BCUT2D eigenvalue weighted by Crippen LogP contribution is 2.19. The van der Waals surface area contributed by atoms with Crippen molar-refractivity contribution in [2.45, 2.75) is 20.4 Å². The van der Waals surface area contributed by atoms with Crippen molar-refractivity contribution in [1.82, 2.24) is 15.2 Å². The fraction of sp³-hybridized carbons (Fsp3) is 0.250. The topological polar surface area (TPSA) is 59.3 Å². The maximum absolute atomic E-state index is 12.7. The molecule has 0 bridgehead atoms. The van der Waals surface area contributed by atoms with Crippen LogP contribution in [0.5, 0.6) is 0 Å². The summed E-state index contributed by atoms with van der Waals surface area (Å²) in [4.78, 5) is 12.3. The van der Waals surface area contributed by atoms with Gasteiger partial charge in [-0.15, -0.1) is 11.3 Å². The maximum atomic E-state index is 12.7. The smallest absolute Gasteiger partial charge is 0.261 e. The molecule has 2 rings (SSSR count). The Balaban J connectivity index is 1.92. The number of hydrazone groups is 1. The molecule has 0 aliphatic carbocycles. The Bertz CT molecular complexity index is 664. The van der Waals surface area contributed by atoms with Crippen molar-refractivity contribution in [3.8, 4) is 0 Å². The van der Waals surface area contributed by atoms with Crippen LogP contribution in [0.4, 0.5) is 4.39 Å². The average molecular weight is 359 g/mol. The molecule has 8 heteroatoms. The Morgan fingerprint density at radius 2 is 2.35 bits per heavy atom. The molecular formula is C12H12BrFN4OS. The van der Waals surface area contributed by atoms with Gasteiger partial charge in [-0.05, 0) is 41.9 Å². The molecule has 0 unspecified atom stereocenters. The van der Waals surface area contributed by atoms with Gasteiger partial charge in [-0.1, -0.05) is 0 Å². The predicted molar refractivity (Wildman–Crippen MR) is 79.4 cm³/mol. The zero-order valence-electron chi connectivity index (χ0n) is 10.9. The molecule has 20 heavy (non-hydrogen) atoms. The van der Waals surface area contributed by atoms with Crippen molar-refractivity contribution in [1.29, 1.82) is 0 Å². The molecule has 0 radical (unpaired) electrons. The van der Waals surface area contributed by atoms with E-state index in [0.29, 0.717) is 4.88 Å². The standard InChI is InChI=1S/C12H12BrFN4OS/c1-7-12(13)8(2)18(17-7)6-11(19)16-15-5-9-3-4-10(14)20-9/h3-5H,6H2,1-2H3,(H,16,19). The Morgan fingerprint density at radius 3 is 2.90 bits per heavy atom. The lowest BCUT2D eigenvalue weighted by Crippen LogP contribution is -2.24. The summed E-state index contributed by atoms with van der Waals surface area (Å²) in [5.41, 5.74) is 4.09. The summed E-state index contributed by atoms with van der Waals surface area (Å²) in [5.74, 6) is -0.295. The second-order valence-corrected chi connectivity index (χ2v) is 5.94. The summed E-state index contributed by atoms with van der Waals surface area (Å²) >= 11 is 4.36. The van der Waals surface area contributed by atoms with Gasteiger partial charge in [-0.3, -0.25) is 9.48 Å². The van der Waals surface area contributed by atoms with Gasteiger partial charge < -0.3 is 0 Å². The maximum Gasteiger partial charge on any atom is 0.261 e. The zero-order valence-corrected chi connectivity index (χ0v) is 13.3. The summed E-state index contributed by atoms with van der Waals surface area (Å²) in [5, 5.41) is 7.72. The average Bonchev–Trinajstić information content (AvgIpc) is 2.90. The Morgan fingerprint density at radius 1 is 1.60 bits per heavy atom. The summed E-state index contributed by atoms with van der Waals surface area (Å²) in [6.07, 6.45) is 1.41. The van der Waals surface area contributed by atoms with Crippen LogP contribution in [0.2, 0.25) is 0 Å². The van der Waals surface area contributed by atoms with E-state index in [1.54, 1.807) is 10.7 Å². The van der Waals surface area contributed by atoms with E-state index < -0.39 is 0 Å². The third-order valence-corrected chi connectivity index (χ3v) is 4.52. The van der Waals surface area contributed by atoms with Gasteiger partial charge in [-0.25, -0.2) is 5.43 Å². The fourth-order valence-electron chi connectivity index (χ4n) is 1.57. The number of halogens is 2. The lowest BCUT2D eigenvalue weighted by molar-refractivity contribution is -0.121. The second kappa shape index (κ2) is 6.27. The monoisotopic (exact) mass is 358 g/mol. The highest BCUT2D eigenvalue weighted by Gasteiger charge is 2.11. The summed E-state index contributed by atoms with van der Waals surface area (Å²) in [6.45, 7) is 3.80. The molecule has 0 atom stereocenters. The van der Waals surface area contributed by atoms with E-state index in [-0.39, 0.29) is 17.6 Å². The largest absolute Gasteiger partial charge is 0.271 e. The molecule has 2 aromatic heterocycles. The molecule has 0 aliphatic rings. The van der Waals surface area contributed by atoms with Crippen molar-refractivity contribution >= 4 is 39.4 Å². The number of rotatable bonds is 4. The van der Waals surface area contributed by atoms with Gasteiger partial charge >= 0.3 is 0 Å². The summed E-state index contributed by atoms with van der Waals surface area (Å²) in [6, 6.07) is 2.94. The molecule has 1 amide bonds.